The first-order chi connectivity index (χ1) is 16.8. The summed E-state index contributed by atoms with van der Waals surface area (Å²) in [5.41, 5.74) is -1.39. The lowest BCUT2D eigenvalue weighted by Crippen LogP contribution is -2.42. The van der Waals surface area contributed by atoms with E-state index in [0.29, 0.717) is 12.2 Å². The van der Waals surface area contributed by atoms with Crippen LogP contribution in [-0.2, 0) is 15.8 Å². The van der Waals surface area contributed by atoms with Crippen LogP contribution in [0.2, 0.25) is 0 Å². The Kier molecular flexibility index (Phi) is 4.38. The van der Waals surface area contributed by atoms with Crippen LogP contribution in [-0.4, -0.2) is 22.0 Å². The quantitative estimate of drug-likeness (QED) is 0.496. The normalized spacial score (nSPS) is 33.2. The molecule has 2 amide bonds. The van der Waals surface area contributed by atoms with Crippen molar-refractivity contribution in [1.29, 1.82) is 0 Å². The Bertz CT molecular complexity index is 1430. The van der Waals surface area contributed by atoms with Crippen molar-refractivity contribution in [2.45, 2.75) is 28.8 Å². The van der Waals surface area contributed by atoms with Crippen molar-refractivity contribution in [2.75, 3.05) is 4.90 Å². The monoisotopic (exact) mass is 518 g/mol. The average molecular weight is 519 g/mol. The van der Waals surface area contributed by atoms with E-state index in [1.165, 1.54) is 30.0 Å². The van der Waals surface area contributed by atoms with Gasteiger partial charge in [0.15, 0.2) is 0 Å². The maximum absolute atomic E-state index is 13.7. The number of aromatic nitrogens is 1. The second kappa shape index (κ2) is 7.13. The number of nitrogens with zero attached hydrogens (tertiary/aromatic N) is 1. The highest BCUT2D eigenvalue weighted by Gasteiger charge is 2.70. The zero-order valence-corrected chi connectivity index (χ0v) is 19.5. The smallest absolute Gasteiger partial charge is 0.418 e. The molecular formula is C24H17F3N2O4S2. The Morgan fingerprint density at radius 2 is 1.74 bits per heavy atom. The van der Waals surface area contributed by atoms with E-state index < -0.39 is 41.1 Å². The van der Waals surface area contributed by atoms with Gasteiger partial charge < -0.3 is 9.40 Å². The number of aromatic amines is 1. The maximum Gasteiger partial charge on any atom is 0.418 e. The Hall–Kier alpha value is -2.79. The first-order valence-corrected chi connectivity index (χ1v) is 12.9. The van der Waals surface area contributed by atoms with Gasteiger partial charge in [-0.2, -0.15) is 13.2 Å². The van der Waals surface area contributed by atoms with Gasteiger partial charge in [0.25, 0.3) is 0 Å². The molecule has 11 heteroatoms. The van der Waals surface area contributed by atoms with E-state index in [2.05, 4.69) is 4.98 Å². The third-order valence-corrected chi connectivity index (χ3v) is 10.6. The number of nitrogens with one attached hydrogen (secondary N) is 1. The number of furan rings is 1. The minimum atomic E-state index is -4.69. The summed E-state index contributed by atoms with van der Waals surface area (Å²) in [6.07, 6.45) is -2.47. The lowest BCUT2D eigenvalue weighted by Gasteiger charge is -2.42. The highest BCUT2D eigenvalue weighted by molar-refractivity contribution is 8.00. The second-order valence-corrected chi connectivity index (χ2v) is 11.7. The minimum Gasteiger partial charge on any atom is -0.469 e. The largest absolute Gasteiger partial charge is 0.469 e. The number of thioether (sulfide) groups is 1. The van der Waals surface area contributed by atoms with E-state index in [1.54, 1.807) is 12.3 Å². The van der Waals surface area contributed by atoms with Crippen LogP contribution in [0, 0.1) is 29.6 Å². The molecule has 2 saturated carbocycles. The zero-order valence-electron chi connectivity index (χ0n) is 17.8. The van der Waals surface area contributed by atoms with Crippen molar-refractivity contribution in [3.05, 3.63) is 68.5 Å². The van der Waals surface area contributed by atoms with Gasteiger partial charge in [-0.1, -0.05) is 23.5 Å². The zero-order chi connectivity index (χ0) is 24.2. The number of hydrogen-bond acceptors (Lipinski definition) is 6. The van der Waals surface area contributed by atoms with Crippen molar-refractivity contribution < 1.29 is 27.2 Å². The maximum atomic E-state index is 13.7. The molecule has 7 atom stereocenters. The molecule has 180 valence electrons. The van der Waals surface area contributed by atoms with E-state index in [9.17, 15) is 27.6 Å². The van der Waals surface area contributed by atoms with Gasteiger partial charge >= 0.3 is 11.0 Å². The van der Waals surface area contributed by atoms with Crippen LogP contribution >= 0.6 is 23.1 Å². The molecule has 7 rings (SSSR count). The van der Waals surface area contributed by atoms with Crippen LogP contribution in [0.4, 0.5) is 18.9 Å². The Balaban J connectivity index is 1.32. The van der Waals surface area contributed by atoms with Gasteiger partial charge in [0, 0.05) is 5.25 Å². The molecule has 2 aliphatic heterocycles. The molecule has 6 nitrogen and oxygen atoms in total. The first kappa shape index (κ1) is 21.5. The lowest BCUT2D eigenvalue weighted by molar-refractivity contribution is -0.137. The van der Waals surface area contributed by atoms with Crippen molar-refractivity contribution in [3.63, 3.8) is 0 Å². The fraction of sp³-hybridized carbons (Fsp3) is 0.375. The number of imide groups is 1. The lowest BCUT2D eigenvalue weighted by atomic mass is 9.69. The number of benzene rings is 1. The Morgan fingerprint density at radius 3 is 2.46 bits per heavy atom. The van der Waals surface area contributed by atoms with Crippen LogP contribution in [0.5, 0.6) is 0 Å². The molecule has 1 N–H and O–H groups in total. The number of alkyl halides is 3. The molecule has 0 unspecified atom stereocenters. The predicted octanol–water partition coefficient (Wildman–Crippen LogP) is 4.73. The summed E-state index contributed by atoms with van der Waals surface area (Å²) in [6, 6.07) is 8.37. The van der Waals surface area contributed by atoms with Crippen molar-refractivity contribution in [1.82, 2.24) is 4.98 Å². The summed E-state index contributed by atoms with van der Waals surface area (Å²) >= 11 is 2.64. The van der Waals surface area contributed by atoms with E-state index in [1.807, 2.05) is 6.07 Å². The molecule has 4 heterocycles. The van der Waals surface area contributed by atoms with Crippen LogP contribution < -0.4 is 9.77 Å². The number of H-pyrrole nitrogens is 1. The van der Waals surface area contributed by atoms with Gasteiger partial charge in [0.05, 0.1) is 45.2 Å². The van der Waals surface area contributed by atoms with Crippen LogP contribution in [0.3, 0.4) is 0 Å². The molecule has 2 aliphatic carbocycles. The summed E-state index contributed by atoms with van der Waals surface area (Å²) in [5.74, 6) is -2.43. The molecule has 1 saturated heterocycles. The van der Waals surface area contributed by atoms with E-state index >= 15 is 0 Å². The number of amides is 2. The van der Waals surface area contributed by atoms with Gasteiger partial charge in [-0.25, -0.2) is 4.90 Å². The molecule has 2 aromatic heterocycles. The predicted molar refractivity (Wildman–Crippen MR) is 121 cm³/mol. The molecule has 3 aromatic rings. The number of hydrogen-bond donors (Lipinski definition) is 1. The fourth-order valence-electron chi connectivity index (χ4n) is 6.95. The molecule has 2 bridgehead atoms. The third kappa shape index (κ3) is 2.82. The van der Waals surface area contributed by atoms with E-state index in [4.69, 9.17) is 4.42 Å². The first-order valence-electron chi connectivity index (χ1n) is 11.2. The highest BCUT2D eigenvalue weighted by atomic mass is 32.2. The highest BCUT2D eigenvalue weighted by Crippen LogP contribution is 2.68. The number of fused-ring (bicyclic) bond motifs is 9. The average Bonchev–Trinajstić information content (AvgIpc) is 3.61. The summed E-state index contributed by atoms with van der Waals surface area (Å²) in [4.78, 5) is 43.7. The van der Waals surface area contributed by atoms with Gasteiger partial charge in [0.2, 0.25) is 11.8 Å². The van der Waals surface area contributed by atoms with Crippen LogP contribution in [0.25, 0.3) is 0 Å². The summed E-state index contributed by atoms with van der Waals surface area (Å²) in [5, 5.41) is 0.700. The summed E-state index contributed by atoms with van der Waals surface area (Å²) in [6.45, 7) is 0. The number of rotatable bonds is 2. The fourth-order valence-corrected chi connectivity index (χ4v) is 9.82. The van der Waals surface area contributed by atoms with E-state index in [0.717, 1.165) is 32.2 Å². The van der Waals surface area contributed by atoms with Gasteiger partial charge in [0.1, 0.15) is 5.76 Å². The topological polar surface area (TPSA) is 83.4 Å². The third-order valence-electron chi connectivity index (χ3n) is 8.02. The Morgan fingerprint density at radius 1 is 1.00 bits per heavy atom. The van der Waals surface area contributed by atoms with Crippen molar-refractivity contribution in [3.8, 4) is 0 Å². The number of thiazole rings is 1. The minimum absolute atomic E-state index is 0.0522. The molecule has 35 heavy (non-hydrogen) atoms. The second-order valence-electron chi connectivity index (χ2n) is 9.50. The number of halogens is 3. The van der Waals surface area contributed by atoms with Crippen LogP contribution in [0.15, 0.2) is 56.9 Å². The molecule has 1 aromatic carbocycles. The molecular weight excluding hydrogens is 501 g/mol. The Labute approximate surface area is 204 Å². The van der Waals surface area contributed by atoms with E-state index in [-0.39, 0.29) is 33.8 Å². The van der Waals surface area contributed by atoms with Gasteiger partial charge in [-0.15, -0.1) is 11.8 Å². The SMILES string of the molecule is O=C1[C@H]2[C@H]3C[C@@H]([C@@H]2C(=O)N1c1ccccc1C(F)(F)F)[C@H]1[C@H](c2ccco2)c2sc(=O)[nH]c2S[C@H]31. The number of carbonyl (C=O) groups excluding carboxylic acids is 2. The van der Waals surface area contributed by atoms with Gasteiger partial charge in [-0.05, 0) is 48.4 Å². The number of para-hydroxylation sites is 1. The molecule has 0 spiro atoms. The number of carbonyl (C=O) groups is 2. The van der Waals surface area contributed by atoms with Crippen LogP contribution in [0.1, 0.15) is 28.5 Å². The van der Waals surface area contributed by atoms with Gasteiger partial charge in [-0.3, -0.25) is 14.4 Å². The number of anilines is 1. The molecule has 0 radical (unpaired) electrons. The standard InChI is InChI=1S/C24H17F3N2O4S2/c25-24(26,27)11-4-1-2-5-12(11)29-21(30)15-9-8-10(16(15)22(29)31)18-14(9)17(13-6-3-7-33-13)19-20(34-18)28-23(32)35-19/h1-7,9-10,14-18H,8H2,(H,28,32)/t9-,10-,14+,15+,16+,17+,18-/m1/s1. The summed E-state index contributed by atoms with van der Waals surface area (Å²) in [7, 11) is 0. The molecule has 4 aliphatic rings. The van der Waals surface area contributed by atoms with Crippen molar-refractivity contribution in [2.24, 2.45) is 29.6 Å². The summed E-state index contributed by atoms with van der Waals surface area (Å²) < 4.78 is 46.9. The molecule has 3 fully saturated rings. The van der Waals surface area contributed by atoms with Crippen molar-refractivity contribution >= 4 is 40.6 Å².